The molecule has 2 unspecified atom stereocenters. The van der Waals surface area contributed by atoms with Crippen LogP contribution in [0.25, 0.3) is 0 Å². The van der Waals surface area contributed by atoms with E-state index in [2.05, 4.69) is 47.9 Å². The maximum absolute atomic E-state index is 4.52. The minimum Gasteiger partial charge on any atom is -0.293 e. The minimum atomic E-state index is 0.815. The van der Waals surface area contributed by atoms with Gasteiger partial charge in [-0.1, -0.05) is 36.8 Å². The van der Waals surface area contributed by atoms with E-state index in [4.69, 9.17) is 0 Å². The Hall–Kier alpha value is -0.470. The molecule has 2 atom stereocenters. The van der Waals surface area contributed by atoms with Gasteiger partial charge in [0.25, 0.3) is 0 Å². The smallest absolute Gasteiger partial charge is 0.0239 e. The Morgan fingerprint density at radius 2 is 1.72 bits per heavy atom. The highest BCUT2D eigenvalue weighted by molar-refractivity contribution is 7.80. The summed E-state index contributed by atoms with van der Waals surface area (Å²) in [6.45, 7) is 1.15. The molecule has 3 rings (SSSR count). The van der Waals surface area contributed by atoms with Crippen LogP contribution in [0.5, 0.6) is 0 Å². The molecule has 2 fully saturated rings. The number of fused-ring (bicyclic) bond motifs is 2. The highest BCUT2D eigenvalue weighted by atomic mass is 32.1. The third-order valence-electron chi connectivity index (χ3n) is 4.69. The molecule has 0 N–H and O–H groups in total. The fourth-order valence-corrected chi connectivity index (χ4v) is 4.09. The van der Waals surface area contributed by atoms with E-state index < -0.39 is 0 Å². The molecule has 2 aliphatic heterocycles. The standard InChI is InChI=1S/C16H23NS/c18-12-14-9-15-7-4-8-16(10-14)17(15)11-13-5-2-1-3-6-13/h1-3,5-6,14-16,18H,4,7-12H2. The van der Waals surface area contributed by atoms with Crippen LogP contribution in [0.1, 0.15) is 37.7 Å². The van der Waals surface area contributed by atoms with Crippen molar-refractivity contribution >= 4 is 12.6 Å². The number of piperidine rings is 2. The number of hydrogen-bond donors (Lipinski definition) is 1. The van der Waals surface area contributed by atoms with E-state index in [1.54, 1.807) is 0 Å². The number of rotatable bonds is 3. The Balaban J connectivity index is 1.72. The summed E-state index contributed by atoms with van der Waals surface area (Å²) < 4.78 is 0. The summed E-state index contributed by atoms with van der Waals surface area (Å²) in [7, 11) is 0. The molecule has 2 bridgehead atoms. The molecular weight excluding hydrogens is 238 g/mol. The summed E-state index contributed by atoms with van der Waals surface area (Å²) in [5.41, 5.74) is 1.47. The lowest BCUT2D eigenvalue weighted by molar-refractivity contribution is 0.0121. The lowest BCUT2D eigenvalue weighted by Gasteiger charge is -2.49. The first-order chi connectivity index (χ1) is 8.86. The van der Waals surface area contributed by atoms with Gasteiger partial charge in [0.15, 0.2) is 0 Å². The molecule has 1 aromatic carbocycles. The zero-order chi connectivity index (χ0) is 12.4. The molecule has 98 valence electrons. The SMILES string of the molecule is SCC1CC2CCCC(C1)N2Cc1ccccc1. The fraction of sp³-hybridized carbons (Fsp3) is 0.625. The molecule has 2 heteroatoms. The van der Waals surface area contributed by atoms with E-state index in [0.29, 0.717) is 0 Å². The van der Waals surface area contributed by atoms with Crippen molar-refractivity contribution in [3.63, 3.8) is 0 Å². The van der Waals surface area contributed by atoms with Gasteiger partial charge in [-0.2, -0.15) is 12.6 Å². The zero-order valence-electron chi connectivity index (χ0n) is 11.0. The normalized spacial score (nSPS) is 32.4. The Morgan fingerprint density at radius 3 is 2.33 bits per heavy atom. The van der Waals surface area contributed by atoms with Crippen molar-refractivity contribution in [2.45, 2.75) is 50.7 Å². The van der Waals surface area contributed by atoms with Gasteiger partial charge in [-0.25, -0.2) is 0 Å². The van der Waals surface area contributed by atoms with E-state index in [1.165, 1.54) is 37.7 Å². The molecule has 1 aromatic rings. The van der Waals surface area contributed by atoms with Crippen molar-refractivity contribution < 1.29 is 0 Å². The minimum absolute atomic E-state index is 0.815. The van der Waals surface area contributed by atoms with Gasteiger partial charge >= 0.3 is 0 Å². The molecular formula is C16H23NS. The molecule has 2 aliphatic rings. The van der Waals surface area contributed by atoms with Crippen LogP contribution in [0.3, 0.4) is 0 Å². The van der Waals surface area contributed by atoms with Crippen molar-refractivity contribution in [3.8, 4) is 0 Å². The second-order valence-electron chi connectivity index (χ2n) is 5.92. The van der Waals surface area contributed by atoms with Crippen molar-refractivity contribution in [1.29, 1.82) is 0 Å². The van der Waals surface area contributed by atoms with E-state index in [0.717, 1.165) is 30.3 Å². The van der Waals surface area contributed by atoms with Crippen molar-refractivity contribution in [1.82, 2.24) is 4.90 Å². The highest BCUT2D eigenvalue weighted by Crippen LogP contribution is 2.38. The first kappa shape index (κ1) is 12.6. The summed E-state index contributed by atoms with van der Waals surface area (Å²) in [6, 6.07) is 12.6. The Kier molecular flexibility index (Phi) is 3.95. The third kappa shape index (κ3) is 2.60. The Morgan fingerprint density at radius 1 is 1.06 bits per heavy atom. The van der Waals surface area contributed by atoms with Gasteiger partial charge in [0, 0.05) is 18.6 Å². The van der Waals surface area contributed by atoms with E-state index in [9.17, 15) is 0 Å². The Bertz CT molecular complexity index is 364. The van der Waals surface area contributed by atoms with Crippen molar-refractivity contribution in [2.75, 3.05) is 5.75 Å². The predicted molar refractivity (Wildman–Crippen MR) is 80.0 cm³/mol. The van der Waals surface area contributed by atoms with E-state index in [-0.39, 0.29) is 0 Å². The van der Waals surface area contributed by atoms with E-state index in [1.807, 2.05) is 0 Å². The molecule has 18 heavy (non-hydrogen) atoms. The molecule has 0 aromatic heterocycles. The quantitative estimate of drug-likeness (QED) is 0.811. The molecule has 1 nitrogen and oxygen atoms in total. The molecule has 0 amide bonds. The number of thiol groups is 1. The van der Waals surface area contributed by atoms with Crippen LogP contribution in [-0.2, 0) is 6.54 Å². The molecule has 2 saturated heterocycles. The molecule has 0 aliphatic carbocycles. The van der Waals surface area contributed by atoms with Crippen LogP contribution in [0.15, 0.2) is 30.3 Å². The average Bonchev–Trinajstić information content (AvgIpc) is 2.39. The van der Waals surface area contributed by atoms with Gasteiger partial charge in [-0.3, -0.25) is 4.90 Å². The van der Waals surface area contributed by atoms with Crippen LogP contribution in [-0.4, -0.2) is 22.7 Å². The largest absolute Gasteiger partial charge is 0.293 e. The second kappa shape index (κ2) is 5.66. The van der Waals surface area contributed by atoms with Crippen LogP contribution in [0.2, 0.25) is 0 Å². The van der Waals surface area contributed by atoms with Crippen LogP contribution < -0.4 is 0 Å². The Labute approximate surface area is 116 Å². The van der Waals surface area contributed by atoms with Gasteiger partial charge in [0.05, 0.1) is 0 Å². The van der Waals surface area contributed by atoms with Crippen molar-refractivity contribution in [3.05, 3.63) is 35.9 Å². The van der Waals surface area contributed by atoms with Gasteiger partial charge in [0.2, 0.25) is 0 Å². The maximum Gasteiger partial charge on any atom is 0.0239 e. The molecule has 0 saturated carbocycles. The lowest BCUT2D eigenvalue weighted by atomic mass is 9.79. The second-order valence-corrected chi connectivity index (χ2v) is 6.28. The van der Waals surface area contributed by atoms with E-state index >= 15 is 0 Å². The molecule has 0 radical (unpaired) electrons. The number of benzene rings is 1. The average molecular weight is 261 g/mol. The van der Waals surface area contributed by atoms with Crippen LogP contribution >= 0.6 is 12.6 Å². The zero-order valence-corrected chi connectivity index (χ0v) is 11.9. The monoisotopic (exact) mass is 261 g/mol. The number of nitrogens with zero attached hydrogens (tertiary/aromatic N) is 1. The maximum atomic E-state index is 4.52. The lowest BCUT2D eigenvalue weighted by Crippen LogP contribution is -2.51. The molecule has 0 spiro atoms. The predicted octanol–water partition coefficient (Wildman–Crippen LogP) is 3.75. The van der Waals surface area contributed by atoms with Gasteiger partial charge in [-0.05, 0) is 42.9 Å². The van der Waals surface area contributed by atoms with Gasteiger partial charge in [-0.15, -0.1) is 0 Å². The van der Waals surface area contributed by atoms with Gasteiger partial charge in [0.1, 0.15) is 0 Å². The summed E-state index contributed by atoms with van der Waals surface area (Å²) in [6.07, 6.45) is 6.96. The molecule has 2 heterocycles. The van der Waals surface area contributed by atoms with Crippen molar-refractivity contribution in [2.24, 2.45) is 5.92 Å². The van der Waals surface area contributed by atoms with Gasteiger partial charge < -0.3 is 0 Å². The summed E-state index contributed by atoms with van der Waals surface area (Å²) in [4.78, 5) is 2.78. The first-order valence-corrected chi connectivity index (χ1v) is 7.90. The summed E-state index contributed by atoms with van der Waals surface area (Å²) in [5, 5.41) is 0. The first-order valence-electron chi connectivity index (χ1n) is 7.27. The van der Waals surface area contributed by atoms with Crippen LogP contribution in [0.4, 0.5) is 0 Å². The number of hydrogen-bond acceptors (Lipinski definition) is 2. The van der Waals surface area contributed by atoms with Crippen LogP contribution in [0, 0.1) is 5.92 Å². The third-order valence-corrected chi connectivity index (χ3v) is 5.21. The highest BCUT2D eigenvalue weighted by Gasteiger charge is 2.37. The summed E-state index contributed by atoms with van der Waals surface area (Å²) >= 11 is 4.52. The fourth-order valence-electron chi connectivity index (χ4n) is 3.79. The topological polar surface area (TPSA) is 3.24 Å². The summed E-state index contributed by atoms with van der Waals surface area (Å²) in [5.74, 6) is 1.93.